The van der Waals surface area contributed by atoms with Crippen LogP contribution in [0.5, 0.6) is 0 Å². The van der Waals surface area contributed by atoms with Crippen molar-refractivity contribution >= 4 is 29.2 Å². The summed E-state index contributed by atoms with van der Waals surface area (Å²) in [5.41, 5.74) is 0. The van der Waals surface area contributed by atoms with Gasteiger partial charge in [0.25, 0.3) is 0 Å². The van der Waals surface area contributed by atoms with Gasteiger partial charge in [0, 0.05) is 23.6 Å². The molecule has 0 saturated carbocycles. The van der Waals surface area contributed by atoms with Gasteiger partial charge in [-0.05, 0) is 6.42 Å². The first-order valence-corrected chi connectivity index (χ1v) is 5.09. The predicted molar refractivity (Wildman–Crippen MR) is 58.3 cm³/mol. The fraction of sp³-hybridized carbons (Fsp3) is 0.875. The normalized spacial score (nSPS) is 8.83. The number of thiocarbonyl (C=S) groups is 1. The van der Waals surface area contributed by atoms with E-state index in [1.807, 2.05) is 0 Å². The van der Waals surface area contributed by atoms with Gasteiger partial charge in [0.1, 0.15) is 4.32 Å². The van der Waals surface area contributed by atoms with Gasteiger partial charge in [-0.25, -0.2) is 0 Å². The molecular formula is C8H17FeNS2. The molecule has 0 aliphatic carbocycles. The van der Waals surface area contributed by atoms with Gasteiger partial charge in [-0.2, -0.15) is 0 Å². The van der Waals surface area contributed by atoms with Gasteiger partial charge in [0.15, 0.2) is 0 Å². The van der Waals surface area contributed by atoms with Gasteiger partial charge >= 0.3 is 0 Å². The van der Waals surface area contributed by atoms with Gasteiger partial charge in [0.05, 0.1) is 0 Å². The van der Waals surface area contributed by atoms with Crippen LogP contribution < -0.4 is 5.32 Å². The van der Waals surface area contributed by atoms with Crippen molar-refractivity contribution in [3.8, 4) is 0 Å². The molecule has 0 aliphatic heterocycles. The van der Waals surface area contributed by atoms with E-state index >= 15 is 0 Å². The van der Waals surface area contributed by atoms with E-state index in [2.05, 4.69) is 24.9 Å². The van der Waals surface area contributed by atoms with Crippen LogP contribution in [-0.2, 0) is 17.1 Å². The molecule has 74 valence electrons. The molecule has 4 heteroatoms. The molecule has 0 aromatic carbocycles. The molecule has 0 aromatic rings. The van der Waals surface area contributed by atoms with E-state index in [4.69, 9.17) is 12.2 Å². The molecule has 0 fully saturated rings. The van der Waals surface area contributed by atoms with E-state index in [9.17, 15) is 0 Å². The van der Waals surface area contributed by atoms with Crippen LogP contribution in [0.4, 0.5) is 0 Å². The topological polar surface area (TPSA) is 12.0 Å². The summed E-state index contributed by atoms with van der Waals surface area (Å²) in [6.45, 7) is 3.20. The molecule has 0 rings (SSSR count). The zero-order chi connectivity index (χ0) is 8.53. The number of hydrogen-bond acceptors (Lipinski definition) is 1. The first-order valence-electron chi connectivity index (χ1n) is 4.24. The minimum absolute atomic E-state index is 0. The molecule has 0 amide bonds. The number of unbranched alkanes of at least 4 members (excludes halogenated alkanes) is 4. The Labute approximate surface area is 97.0 Å². The quantitative estimate of drug-likeness (QED) is 0.324. The molecule has 0 aromatic heterocycles. The first-order chi connectivity index (χ1) is 5.27. The Balaban J connectivity index is 0. The molecule has 0 unspecified atom stereocenters. The molecule has 0 bridgehead atoms. The Morgan fingerprint density at radius 3 is 2.33 bits per heavy atom. The van der Waals surface area contributed by atoms with Crippen LogP contribution in [0.3, 0.4) is 0 Å². The fourth-order valence-corrected chi connectivity index (χ4v) is 1.14. The van der Waals surface area contributed by atoms with Crippen LogP contribution in [0, 0.1) is 0 Å². The smallest absolute Gasteiger partial charge is 0.130 e. The number of thiol groups is 1. The van der Waals surface area contributed by atoms with E-state index in [0.29, 0.717) is 4.32 Å². The number of rotatable bonds is 6. The SMILES string of the molecule is CCCCCCCNC(=S)S.[Fe]. The summed E-state index contributed by atoms with van der Waals surface area (Å²) in [5, 5.41) is 3.02. The van der Waals surface area contributed by atoms with Crippen molar-refractivity contribution in [2.45, 2.75) is 39.0 Å². The van der Waals surface area contributed by atoms with Crippen LogP contribution >= 0.6 is 24.8 Å². The van der Waals surface area contributed by atoms with Crippen molar-refractivity contribution in [2.75, 3.05) is 6.54 Å². The van der Waals surface area contributed by atoms with E-state index in [-0.39, 0.29) is 17.1 Å². The van der Waals surface area contributed by atoms with Crippen molar-refractivity contribution in [1.29, 1.82) is 0 Å². The van der Waals surface area contributed by atoms with Crippen LogP contribution in [0.25, 0.3) is 0 Å². The molecule has 1 N–H and O–H groups in total. The Kier molecular flexibility index (Phi) is 14.9. The maximum atomic E-state index is 4.75. The molecule has 0 heterocycles. The van der Waals surface area contributed by atoms with Crippen LogP contribution in [0.2, 0.25) is 0 Å². The molecular weight excluding hydrogens is 230 g/mol. The Morgan fingerprint density at radius 1 is 1.25 bits per heavy atom. The molecule has 0 radical (unpaired) electrons. The maximum Gasteiger partial charge on any atom is 0.130 e. The molecule has 0 aliphatic rings. The number of hydrogen-bond donors (Lipinski definition) is 2. The van der Waals surface area contributed by atoms with Crippen molar-refractivity contribution in [3.63, 3.8) is 0 Å². The molecule has 0 atom stereocenters. The summed E-state index contributed by atoms with van der Waals surface area (Å²) in [5.74, 6) is 0. The summed E-state index contributed by atoms with van der Waals surface area (Å²) in [4.78, 5) is 0. The van der Waals surface area contributed by atoms with Crippen LogP contribution in [0.1, 0.15) is 39.0 Å². The second-order valence-electron chi connectivity index (χ2n) is 2.65. The summed E-state index contributed by atoms with van der Waals surface area (Å²) in [6, 6.07) is 0. The number of nitrogens with one attached hydrogen (secondary N) is 1. The Bertz CT molecular complexity index is 109. The van der Waals surface area contributed by atoms with Gasteiger partial charge < -0.3 is 5.32 Å². The second-order valence-corrected chi connectivity index (χ2v) is 3.80. The standard InChI is InChI=1S/C8H17NS2.Fe/c1-2-3-4-5-6-7-9-8(10)11;/h2-7H2,1H3,(H2,9,10,11);. The zero-order valence-corrected chi connectivity index (χ0v) is 10.3. The van der Waals surface area contributed by atoms with Crippen molar-refractivity contribution in [2.24, 2.45) is 0 Å². The summed E-state index contributed by atoms with van der Waals surface area (Å²) in [7, 11) is 0. The summed E-state index contributed by atoms with van der Waals surface area (Å²) < 4.78 is 0.612. The minimum atomic E-state index is 0. The Morgan fingerprint density at radius 2 is 1.83 bits per heavy atom. The summed E-state index contributed by atoms with van der Waals surface area (Å²) >= 11 is 8.71. The monoisotopic (exact) mass is 247 g/mol. The Hall–Kier alpha value is 0.759. The fourth-order valence-electron chi connectivity index (χ4n) is 0.924. The van der Waals surface area contributed by atoms with Gasteiger partial charge in [0.2, 0.25) is 0 Å². The van der Waals surface area contributed by atoms with Crippen molar-refractivity contribution in [1.82, 2.24) is 5.32 Å². The molecule has 0 saturated heterocycles. The van der Waals surface area contributed by atoms with Crippen molar-refractivity contribution < 1.29 is 17.1 Å². The average Bonchev–Trinajstić information content (AvgIpc) is 1.96. The second kappa shape index (κ2) is 11.8. The molecule has 1 nitrogen and oxygen atoms in total. The zero-order valence-electron chi connectivity index (χ0n) is 7.45. The largest absolute Gasteiger partial charge is 0.371 e. The molecule has 0 spiro atoms. The third-order valence-electron chi connectivity index (χ3n) is 1.56. The van der Waals surface area contributed by atoms with Crippen LogP contribution in [0.15, 0.2) is 0 Å². The first kappa shape index (κ1) is 15.2. The van der Waals surface area contributed by atoms with E-state index in [1.54, 1.807) is 0 Å². The third-order valence-corrected chi connectivity index (χ3v) is 1.86. The predicted octanol–water partition coefficient (Wildman–Crippen LogP) is 2.76. The van der Waals surface area contributed by atoms with E-state index in [1.165, 1.54) is 32.1 Å². The maximum absolute atomic E-state index is 4.75. The van der Waals surface area contributed by atoms with E-state index < -0.39 is 0 Å². The molecule has 12 heavy (non-hydrogen) atoms. The van der Waals surface area contributed by atoms with Gasteiger partial charge in [-0.3, -0.25) is 0 Å². The van der Waals surface area contributed by atoms with Gasteiger partial charge in [-0.1, -0.05) is 44.8 Å². The van der Waals surface area contributed by atoms with Gasteiger partial charge in [-0.15, -0.1) is 12.6 Å². The average molecular weight is 247 g/mol. The minimum Gasteiger partial charge on any atom is -0.371 e. The third kappa shape index (κ3) is 13.4. The van der Waals surface area contributed by atoms with Crippen molar-refractivity contribution in [3.05, 3.63) is 0 Å². The summed E-state index contributed by atoms with van der Waals surface area (Å²) in [6.07, 6.45) is 6.51. The van der Waals surface area contributed by atoms with Crippen LogP contribution in [-0.4, -0.2) is 10.9 Å². The van der Waals surface area contributed by atoms with E-state index in [0.717, 1.165) is 6.54 Å².